The number of nitrogens with one attached hydrogen (secondary N) is 1. The maximum absolute atomic E-state index is 12.7. The third-order valence-electron chi connectivity index (χ3n) is 4.01. The second kappa shape index (κ2) is 8.63. The topological polar surface area (TPSA) is 67.9 Å². The van der Waals surface area contributed by atoms with Crippen LogP contribution in [0.4, 0.5) is 4.79 Å². The van der Waals surface area contributed by atoms with Crippen LogP contribution in [0.5, 0.6) is 11.5 Å². The Morgan fingerprint density at radius 1 is 1.25 bits per heavy atom. The van der Waals surface area contributed by atoms with Gasteiger partial charge in [0.1, 0.15) is 12.3 Å². The van der Waals surface area contributed by atoms with Gasteiger partial charge >= 0.3 is 6.03 Å². The molecular weight excluding hydrogens is 424 g/mol. The minimum absolute atomic E-state index is 0.0956. The lowest BCUT2D eigenvalue weighted by Crippen LogP contribution is -2.30. The van der Waals surface area contributed by atoms with Crippen molar-refractivity contribution in [1.82, 2.24) is 10.2 Å². The highest BCUT2D eigenvalue weighted by Crippen LogP contribution is 2.37. The number of halogens is 1. The van der Waals surface area contributed by atoms with E-state index in [-0.39, 0.29) is 18.8 Å². The van der Waals surface area contributed by atoms with Gasteiger partial charge in [-0.3, -0.25) is 9.69 Å². The van der Waals surface area contributed by atoms with Crippen LogP contribution in [0.2, 0.25) is 0 Å². The molecule has 0 saturated carbocycles. The Morgan fingerprint density at radius 3 is 2.68 bits per heavy atom. The van der Waals surface area contributed by atoms with Gasteiger partial charge in [-0.15, -0.1) is 6.42 Å². The zero-order chi connectivity index (χ0) is 20.1. The van der Waals surface area contributed by atoms with Crippen molar-refractivity contribution in [3.05, 3.63) is 63.8 Å². The summed E-state index contributed by atoms with van der Waals surface area (Å²) in [7, 11) is 1.51. The molecule has 1 saturated heterocycles. The summed E-state index contributed by atoms with van der Waals surface area (Å²) in [6.45, 7) is 0.299. The molecule has 3 amide bonds. The first-order valence-corrected chi connectivity index (χ1v) is 9.15. The number of rotatable bonds is 6. The van der Waals surface area contributed by atoms with Gasteiger partial charge in [-0.1, -0.05) is 36.3 Å². The molecule has 7 heteroatoms. The number of hydrogen-bond acceptors (Lipinski definition) is 4. The third kappa shape index (κ3) is 4.18. The molecule has 1 fully saturated rings. The summed E-state index contributed by atoms with van der Waals surface area (Å²) in [6, 6.07) is 12.3. The lowest BCUT2D eigenvalue weighted by atomic mass is 10.1. The molecule has 0 atom stereocenters. The zero-order valence-corrected chi connectivity index (χ0v) is 16.7. The summed E-state index contributed by atoms with van der Waals surface area (Å²) in [5, 5.41) is 2.61. The van der Waals surface area contributed by atoms with Crippen molar-refractivity contribution in [2.45, 2.75) is 6.54 Å². The van der Waals surface area contributed by atoms with Crippen molar-refractivity contribution in [3.8, 4) is 23.8 Å². The summed E-state index contributed by atoms with van der Waals surface area (Å²) in [5.74, 6) is 2.92. The molecule has 1 N–H and O–H groups in total. The Hall–Kier alpha value is -3.24. The summed E-state index contributed by atoms with van der Waals surface area (Å²) in [6.07, 6.45) is 6.82. The molecule has 0 bridgehead atoms. The largest absolute Gasteiger partial charge is 0.493 e. The second-order valence-electron chi connectivity index (χ2n) is 5.89. The number of carbonyl (C=O) groups excluding carboxylic acids is 2. The number of amides is 3. The van der Waals surface area contributed by atoms with Gasteiger partial charge in [0.25, 0.3) is 5.91 Å². The van der Waals surface area contributed by atoms with Crippen LogP contribution in [0, 0.1) is 12.3 Å². The number of benzene rings is 2. The van der Waals surface area contributed by atoms with E-state index >= 15 is 0 Å². The molecule has 0 radical (unpaired) electrons. The molecule has 0 aromatic heterocycles. The third-order valence-corrected chi connectivity index (χ3v) is 4.60. The maximum atomic E-state index is 12.7. The van der Waals surface area contributed by atoms with Gasteiger partial charge in [0.15, 0.2) is 11.5 Å². The first-order chi connectivity index (χ1) is 13.5. The van der Waals surface area contributed by atoms with E-state index in [0.29, 0.717) is 21.5 Å². The van der Waals surface area contributed by atoms with E-state index in [0.717, 1.165) is 10.5 Å². The van der Waals surface area contributed by atoms with Crippen LogP contribution >= 0.6 is 15.9 Å². The highest BCUT2D eigenvalue weighted by molar-refractivity contribution is 9.10. The Kier molecular flexibility index (Phi) is 6.02. The van der Waals surface area contributed by atoms with Crippen molar-refractivity contribution in [1.29, 1.82) is 0 Å². The predicted molar refractivity (Wildman–Crippen MR) is 109 cm³/mol. The fourth-order valence-corrected chi connectivity index (χ4v) is 3.30. The fourth-order valence-electron chi connectivity index (χ4n) is 2.72. The average Bonchev–Trinajstić information content (AvgIpc) is 2.95. The van der Waals surface area contributed by atoms with E-state index in [1.165, 1.54) is 7.11 Å². The van der Waals surface area contributed by atoms with E-state index in [9.17, 15) is 9.59 Å². The minimum atomic E-state index is -0.458. The molecule has 0 spiro atoms. The molecule has 2 aromatic carbocycles. The molecule has 6 nitrogen and oxygen atoms in total. The SMILES string of the molecule is C#CCOc1c(Br)cc(/C=C2\NC(=O)N(Cc3ccccc3)C2=O)cc1OC. The molecular formula is C21H17BrN2O4. The summed E-state index contributed by atoms with van der Waals surface area (Å²) < 4.78 is 11.4. The van der Waals surface area contributed by atoms with Crippen molar-refractivity contribution in [3.63, 3.8) is 0 Å². The number of ether oxygens (including phenoxy) is 2. The Labute approximate surface area is 171 Å². The zero-order valence-electron chi connectivity index (χ0n) is 15.1. The number of terminal acetylenes is 1. The number of imide groups is 1. The van der Waals surface area contributed by atoms with Crippen LogP contribution in [0.3, 0.4) is 0 Å². The van der Waals surface area contributed by atoms with Crippen LogP contribution in [0.15, 0.2) is 52.6 Å². The van der Waals surface area contributed by atoms with Crippen LogP contribution < -0.4 is 14.8 Å². The van der Waals surface area contributed by atoms with Gasteiger partial charge in [-0.2, -0.15) is 0 Å². The van der Waals surface area contributed by atoms with E-state index < -0.39 is 11.9 Å². The Bertz CT molecular complexity index is 980. The fraction of sp³-hybridized carbons (Fsp3) is 0.143. The van der Waals surface area contributed by atoms with Crippen LogP contribution in [0.1, 0.15) is 11.1 Å². The van der Waals surface area contributed by atoms with Crippen molar-refractivity contribution in [2.24, 2.45) is 0 Å². The Morgan fingerprint density at radius 2 is 2.00 bits per heavy atom. The lowest BCUT2D eigenvalue weighted by Gasteiger charge is -2.12. The van der Waals surface area contributed by atoms with Gasteiger partial charge in [0, 0.05) is 0 Å². The van der Waals surface area contributed by atoms with Crippen molar-refractivity contribution in [2.75, 3.05) is 13.7 Å². The van der Waals surface area contributed by atoms with Gasteiger partial charge < -0.3 is 14.8 Å². The number of carbonyl (C=O) groups is 2. The van der Waals surface area contributed by atoms with Crippen LogP contribution in [-0.2, 0) is 11.3 Å². The Balaban J connectivity index is 1.85. The van der Waals surface area contributed by atoms with Gasteiger partial charge in [-0.05, 0) is 45.3 Å². The highest BCUT2D eigenvalue weighted by atomic mass is 79.9. The van der Waals surface area contributed by atoms with Gasteiger partial charge in [-0.25, -0.2) is 4.79 Å². The van der Waals surface area contributed by atoms with Crippen LogP contribution in [0.25, 0.3) is 6.08 Å². The monoisotopic (exact) mass is 440 g/mol. The summed E-state index contributed by atoms with van der Waals surface area (Å²) in [4.78, 5) is 26.1. The van der Waals surface area contributed by atoms with Crippen LogP contribution in [-0.4, -0.2) is 30.6 Å². The molecule has 0 unspecified atom stereocenters. The van der Waals surface area contributed by atoms with Gasteiger partial charge in [0.2, 0.25) is 0 Å². The van der Waals surface area contributed by atoms with E-state index in [1.807, 2.05) is 30.3 Å². The lowest BCUT2D eigenvalue weighted by molar-refractivity contribution is -0.123. The summed E-state index contributed by atoms with van der Waals surface area (Å²) >= 11 is 3.42. The first-order valence-electron chi connectivity index (χ1n) is 8.35. The first kappa shape index (κ1) is 19.5. The van der Waals surface area contributed by atoms with E-state index in [1.54, 1.807) is 18.2 Å². The highest BCUT2D eigenvalue weighted by Gasteiger charge is 2.33. The molecule has 2 aromatic rings. The number of nitrogens with zero attached hydrogens (tertiary/aromatic N) is 1. The maximum Gasteiger partial charge on any atom is 0.329 e. The average molecular weight is 441 g/mol. The number of hydrogen-bond donors (Lipinski definition) is 1. The van der Waals surface area contributed by atoms with E-state index in [2.05, 4.69) is 27.2 Å². The number of methoxy groups -OCH3 is 1. The minimum Gasteiger partial charge on any atom is -0.493 e. The van der Waals surface area contributed by atoms with Gasteiger partial charge in [0.05, 0.1) is 18.1 Å². The van der Waals surface area contributed by atoms with Crippen molar-refractivity contribution < 1.29 is 19.1 Å². The molecule has 1 heterocycles. The number of urea groups is 1. The normalized spacial score (nSPS) is 14.8. The van der Waals surface area contributed by atoms with E-state index in [4.69, 9.17) is 15.9 Å². The van der Waals surface area contributed by atoms with Crippen molar-refractivity contribution >= 4 is 33.9 Å². The molecule has 142 valence electrons. The molecule has 1 aliphatic heterocycles. The standard InChI is InChI=1S/C21H17BrN2O4/c1-3-9-28-19-16(22)10-15(12-18(19)27-2)11-17-20(25)24(21(26)23-17)13-14-7-5-4-6-8-14/h1,4-8,10-12H,9,13H2,2H3,(H,23,26)/b17-11-. The summed E-state index contributed by atoms with van der Waals surface area (Å²) in [5.41, 5.74) is 1.71. The molecule has 1 aliphatic rings. The predicted octanol–water partition coefficient (Wildman–Crippen LogP) is 3.56. The molecule has 0 aliphatic carbocycles. The molecule has 28 heavy (non-hydrogen) atoms. The smallest absolute Gasteiger partial charge is 0.329 e. The second-order valence-corrected chi connectivity index (χ2v) is 6.75. The quantitative estimate of drug-likeness (QED) is 0.423. The molecule has 3 rings (SSSR count).